The van der Waals surface area contributed by atoms with E-state index < -0.39 is 0 Å². The van der Waals surface area contributed by atoms with Gasteiger partial charge in [0.15, 0.2) is 0 Å². The van der Waals surface area contributed by atoms with Crippen LogP contribution in [0.3, 0.4) is 0 Å². The highest BCUT2D eigenvalue weighted by Gasteiger charge is 2.26. The number of aryl methyl sites for hydroxylation is 1. The van der Waals surface area contributed by atoms with E-state index in [-0.39, 0.29) is 5.91 Å². The van der Waals surface area contributed by atoms with Gasteiger partial charge in [-0.25, -0.2) is 0 Å². The molecule has 128 valence electrons. The summed E-state index contributed by atoms with van der Waals surface area (Å²) in [6, 6.07) is 8.24. The van der Waals surface area contributed by atoms with Gasteiger partial charge in [0.25, 0.3) is 5.91 Å². The maximum Gasteiger partial charge on any atom is 0.251 e. The Hall–Kier alpha value is -2.18. The van der Waals surface area contributed by atoms with Crippen LogP contribution in [0.25, 0.3) is 0 Å². The van der Waals surface area contributed by atoms with Crippen LogP contribution >= 0.6 is 0 Å². The van der Waals surface area contributed by atoms with Crippen LogP contribution in [0.2, 0.25) is 0 Å². The van der Waals surface area contributed by atoms with Crippen LogP contribution in [-0.2, 0) is 13.6 Å². The Morgan fingerprint density at radius 3 is 2.88 bits per heavy atom. The standard InChI is InChI=1S/C18H25N5O/c1-19-18(24)16-6-4-5-15(9-16)17-13-23(8-7-21(17)2)12-14-10-20-22(3)11-14/h4-6,9-11,17H,7-8,12-13H2,1-3H3,(H,19,24)/t17-/m0/s1. The molecule has 24 heavy (non-hydrogen) atoms. The lowest BCUT2D eigenvalue weighted by Crippen LogP contribution is -2.46. The zero-order chi connectivity index (χ0) is 17.1. The molecule has 1 aromatic carbocycles. The van der Waals surface area contributed by atoms with Crippen molar-refractivity contribution in [3.63, 3.8) is 0 Å². The molecule has 3 rings (SSSR count). The number of carbonyl (C=O) groups is 1. The molecule has 2 aromatic rings. The van der Waals surface area contributed by atoms with Crippen LogP contribution < -0.4 is 5.32 Å². The summed E-state index contributed by atoms with van der Waals surface area (Å²) in [6.45, 7) is 3.90. The fourth-order valence-corrected chi connectivity index (χ4v) is 3.28. The normalized spacial score (nSPS) is 19.4. The third kappa shape index (κ3) is 3.66. The van der Waals surface area contributed by atoms with Crippen molar-refractivity contribution in [3.05, 3.63) is 53.3 Å². The lowest BCUT2D eigenvalue weighted by molar-refractivity contribution is 0.0901. The Bertz CT molecular complexity index is 711. The summed E-state index contributed by atoms with van der Waals surface area (Å²) in [5.41, 5.74) is 3.14. The van der Waals surface area contributed by atoms with Crippen LogP contribution in [0.4, 0.5) is 0 Å². The van der Waals surface area contributed by atoms with E-state index in [9.17, 15) is 4.79 Å². The molecule has 0 saturated carbocycles. The van der Waals surface area contributed by atoms with Crippen LogP contribution in [0, 0.1) is 0 Å². The average Bonchev–Trinajstić information content (AvgIpc) is 3.01. The van der Waals surface area contributed by atoms with Crippen molar-refractivity contribution in [1.82, 2.24) is 24.9 Å². The second kappa shape index (κ2) is 7.15. The van der Waals surface area contributed by atoms with E-state index in [2.05, 4.69) is 39.5 Å². The highest BCUT2D eigenvalue weighted by atomic mass is 16.1. The third-order valence-corrected chi connectivity index (χ3v) is 4.66. The Morgan fingerprint density at radius 1 is 1.33 bits per heavy atom. The van der Waals surface area contributed by atoms with Gasteiger partial charge in [-0.05, 0) is 24.7 Å². The van der Waals surface area contributed by atoms with Gasteiger partial charge < -0.3 is 5.32 Å². The van der Waals surface area contributed by atoms with Gasteiger partial charge in [-0.2, -0.15) is 5.10 Å². The first-order valence-electron chi connectivity index (χ1n) is 8.29. The number of carbonyl (C=O) groups excluding carboxylic acids is 1. The SMILES string of the molecule is CNC(=O)c1cccc([C@@H]2CN(Cc3cnn(C)c3)CCN2C)c1. The second-order valence-corrected chi connectivity index (χ2v) is 6.46. The third-order valence-electron chi connectivity index (χ3n) is 4.66. The largest absolute Gasteiger partial charge is 0.355 e. The van der Waals surface area contributed by atoms with Crippen molar-refractivity contribution < 1.29 is 4.79 Å². The van der Waals surface area contributed by atoms with E-state index in [0.717, 1.165) is 26.2 Å². The number of hydrogen-bond acceptors (Lipinski definition) is 4. The molecule has 0 bridgehead atoms. The highest BCUT2D eigenvalue weighted by Crippen LogP contribution is 2.25. The maximum atomic E-state index is 11.9. The Morgan fingerprint density at radius 2 is 2.17 bits per heavy atom. The van der Waals surface area contributed by atoms with E-state index in [1.807, 2.05) is 36.1 Å². The number of piperazine rings is 1. The number of benzene rings is 1. The fraction of sp³-hybridized carbons (Fsp3) is 0.444. The molecule has 6 nitrogen and oxygen atoms in total. The summed E-state index contributed by atoms with van der Waals surface area (Å²) in [4.78, 5) is 16.7. The molecule has 1 N–H and O–H groups in total. The molecule has 1 aromatic heterocycles. The molecule has 1 fully saturated rings. The van der Waals surface area contributed by atoms with Crippen LogP contribution in [-0.4, -0.2) is 59.2 Å². The number of likely N-dealkylation sites (N-methyl/N-ethyl adjacent to an activating group) is 1. The van der Waals surface area contributed by atoms with Crippen molar-refractivity contribution >= 4 is 5.91 Å². The molecule has 0 unspecified atom stereocenters. The summed E-state index contributed by atoms with van der Waals surface area (Å²) < 4.78 is 1.84. The number of aromatic nitrogens is 2. The Labute approximate surface area is 143 Å². The van der Waals surface area contributed by atoms with E-state index in [1.165, 1.54) is 11.1 Å². The van der Waals surface area contributed by atoms with Gasteiger partial charge in [-0.3, -0.25) is 19.3 Å². The lowest BCUT2D eigenvalue weighted by Gasteiger charge is -2.39. The van der Waals surface area contributed by atoms with E-state index >= 15 is 0 Å². The molecule has 1 aliphatic rings. The van der Waals surface area contributed by atoms with Crippen molar-refractivity contribution in [2.24, 2.45) is 7.05 Å². The topological polar surface area (TPSA) is 53.4 Å². The number of nitrogens with zero attached hydrogens (tertiary/aromatic N) is 4. The summed E-state index contributed by atoms with van der Waals surface area (Å²) in [5.74, 6) is -0.0393. The molecule has 1 atom stereocenters. The van der Waals surface area contributed by atoms with Crippen molar-refractivity contribution in [1.29, 1.82) is 0 Å². The summed E-state index contributed by atoms with van der Waals surface area (Å²) in [7, 11) is 5.76. The van der Waals surface area contributed by atoms with Crippen LogP contribution in [0.1, 0.15) is 27.5 Å². The van der Waals surface area contributed by atoms with Gasteiger partial charge in [0.1, 0.15) is 0 Å². The molecule has 0 spiro atoms. The first kappa shape index (κ1) is 16.7. The van der Waals surface area contributed by atoms with Gasteiger partial charge in [-0.1, -0.05) is 12.1 Å². The second-order valence-electron chi connectivity index (χ2n) is 6.46. The minimum atomic E-state index is -0.0393. The van der Waals surface area contributed by atoms with Crippen molar-refractivity contribution in [2.45, 2.75) is 12.6 Å². The number of hydrogen-bond donors (Lipinski definition) is 1. The van der Waals surface area contributed by atoms with E-state index in [1.54, 1.807) is 7.05 Å². The van der Waals surface area contributed by atoms with Gasteiger partial charge in [-0.15, -0.1) is 0 Å². The predicted molar refractivity (Wildman–Crippen MR) is 93.7 cm³/mol. The van der Waals surface area contributed by atoms with E-state index in [4.69, 9.17) is 0 Å². The quantitative estimate of drug-likeness (QED) is 0.919. The van der Waals surface area contributed by atoms with Gasteiger partial charge in [0, 0.05) is 63.6 Å². The number of rotatable bonds is 4. The zero-order valence-corrected chi connectivity index (χ0v) is 14.6. The molecule has 0 radical (unpaired) electrons. The van der Waals surface area contributed by atoms with Crippen molar-refractivity contribution in [2.75, 3.05) is 33.7 Å². The van der Waals surface area contributed by atoms with Crippen LogP contribution in [0.15, 0.2) is 36.7 Å². The van der Waals surface area contributed by atoms with Gasteiger partial charge in [0.2, 0.25) is 0 Å². The Balaban J connectivity index is 1.75. The summed E-state index contributed by atoms with van der Waals surface area (Å²) in [6.07, 6.45) is 4.00. The summed E-state index contributed by atoms with van der Waals surface area (Å²) >= 11 is 0. The molecule has 0 aliphatic carbocycles. The lowest BCUT2D eigenvalue weighted by atomic mass is 10.00. The summed E-state index contributed by atoms with van der Waals surface area (Å²) in [5, 5.41) is 6.94. The van der Waals surface area contributed by atoms with Crippen molar-refractivity contribution in [3.8, 4) is 0 Å². The number of amides is 1. The molecule has 1 saturated heterocycles. The molecule has 2 heterocycles. The van der Waals surface area contributed by atoms with Gasteiger partial charge in [0.05, 0.1) is 6.20 Å². The van der Waals surface area contributed by atoms with E-state index in [0.29, 0.717) is 11.6 Å². The molecule has 6 heteroatoms. The monoisotopic (exact) mass is 327 g/mol. The first-order chi connectivity index (χ1) is 11.6. The smallest absolute Gasteiger partial charge is 0.251 e. The minimum absolute atomic E-state index is 0.0393. The first-order valence-corrected chi connectivity index (χ1v) is 8.29. The average molecular weight is 327 g/mol. The number of nitrogens with one attached hydrogen (secondary N) is 1. The highest BCUT2D eigenvalue weighted by molar-refractivity contribution is 5.94. The Kier molecular flexibility index (Phi) is 4.97. The molecule has 1 amide bonds. The maximum absolute atomic E-state index is 11.9. The van der Waals surface area contributed by atoms with Crippen LogP contribution in [0.5, 0.6) is 0 Å². The van der Waals surface area contributed by atoms with Gasteiger partial charge >= 0.3 is 0 Å². The molecule has 1 aliphatic heterocycles. The molecular weight excluding hydrogens is 302 g/mol. The minimum Gasteiger partial charge on any atom is -0.355 e. The fourth-order valence-electron chi connectivity index (χ4n) is 3.28. The zero-order valence-electron chi connectivity index (χ0n) is 14.6. The molecular formula is C18H25N5O. The predicted octanol–water partition coefficient (Wildman–Crippen LogP) is 1.27.